The minimum Gasteiger partial charge on any atom is -0.506 e. The third kappa shape index (κ3) is 3.23. The molecule has 0 aliphatic carbocycles. The van der Waals surface area contributed by atoms with Gasteiger partial charge in [0.1, 0.15) is 5.75 Å². The Bertz CT molecular complexity index is 845. The quantitative estimate of drug-likeness (QED) is 0.675. The largest absolute Gasteiger partial charge is 0.506 e. The Morgan fingerprint density at radius 3 is 2.78 bits per heavy atom. The molecule has 0 spiro atoms. The van der Waals surface area contributed by atoms with Crippen molar-refractivity contribution in [1.29, 1.82) is 0 Å². The predicted molar refractivity (Wildman–Crippen MR) is 95.5 cm³/mol. The van der Waals surface area contributed by atoms with Crippen molar-refractivity contribution in [3.8, 4) is 5.75 Å². The maximum absolute atomic E-state index is 10.1. The third-order valence-electron chi connectivity index (χ3n) is 3.65. The van der Waals surface area contributed by atoms with Crippen LogP contribution in [0.5, 0.6) is 5.75 Å². The smallest absolute Gasteiger partial charge is 0.204 e. The molecule has 0 aliphatic heterocycles. The fraction of sp³-hybridized carbons (Fsp3) is 0.235. The lowest BCUT2D eigenvalue weighted by molar-refractivity contribution is 0.469. The molecule has 0 saturated heterocycles. The Morgan fingerprint density at radius 2 is 2.00 bits per heavy atom. The van der Waals surface area contributed by atoms with E-state index < -0.39 is 0 Å². The van der Waals surface area contributed by atoms with Gasteiger partial charge < -0.3 is 15.0 Å². The van der Waals surface area contributed by atoms with Gasteiger partial charge in [0.15, 0.2) is 0 Å². The lowest BCUT2D eigenvalue weighted by Gasteiger charge is -2.11. The predicted octanol–water partition coefficient (Wildman–Crippen LogP) is 5.07. The van der Waals surface area contributed by atoms with E-state index in [2.05, 4.69) is 27.9 Å². The number of aromatic hydroxyl groups is 1. The van der Waals surface area contributed by atoms with Crippen molar-refractivity contribution < 1.29 is 5.11 Å². The van der Waals surface area contributed by atoms with E-state index in [-0.39, 0.29) is 10.8 Å². The van der Waals surface area contributed by atoms with Gasteiger partial charge in [0.05, 0.1) is 16.1 Å². The van der Waals surface area contributed by atoms with Gasteiger partial charge in [-0.25, -0.2) is 4.98 Å². The molecule has 0 bridgehead atoms. The van der Waals surface area contributed by atoms with Crippen LogP contribution < -0.4 is 5.32 Å². The number of phenols is 1. The molecule has 0 unspecified atom stereocenters. The minimum absolute atomic E-state index is 0.0433. The van der Waals surface area contributed by atoms with Crippen LogP contribution in [-0.2, 0) is 13.1 Å². The van der Waals surface area contributed by atoms with Crippen LogP contribution in [0.1, 0.15) is 18.9 Å². The molecule has 6 heteroatoms. The van der Waals surface area contributed by atoms with Crippen LogP contribution in [0.4, 0.5) is 5.95 Å². The Morgan fingerprint density at radius 1 is 1.22 bits per heavy atom. The molecule has 0 saturated carbocycles. The molecule has 0 aliphatic rings. The summed E-state index contributed by atoms with van der Waals surface area (Å²) in [4.78, 5) is 4.63. The van der Waals surface area contributed by atoms with E-state index in [1.807, 2.05) is 18.2 Å². The van der Waals surface area contributed by atoms with E-state index in [1.165, 1.54) is 6.07 Å². The number of para-hydroxylation sites is 2. The zero-order valence-electron chi connectivity index (χ0n) is 12.7. The molecular weight excluding hydrogens is 333 g/mol. The van der Waals surface area contributed by atoms with Gasteiger partial charge in [-0.3, -0.25) is 0 Å². The van der Waals surface area contributed by atoms with Gasteiger partial charge in [-0.1, -0.05) is 42.3 Å². The van der Waals surface area contributed by atoms with Crippen LogP contribution in [0.3, 0.4) is 0 Å². The number of nitrogens with zero attached hydrogens (tertiary/aromatic N) is 2. The summed E-state index contributed by atoms with van der Waals surface area (Å²) in [6.07, 6.45) is 1.00. The molecule has 1 heterocycles. The zero-order valence-corrected chi connectivity index (χ0v) is 14.2. The molecule has 3 rings (SSSR count). The van der Waals surface area contributed by atoms with E-state index in [4.69, 9.17) is 23.2 Å². The fourth-order valence-electron chi connectivity index (χ4n) is 2.59. The number of hydrogen-bond acceptors (Lipinski definition) is 3. The summed E-state index contributed by atoms with van der Waals surface area (Å²) in [7, 11) is 0. The number of aryl methyl sites for hydroxylation is 1. The van der Waals surface area contributed by atoms with E-state index >= 15 is 0 Å². The summed E-state index contributed by atoms with van der Waals surface area (Å²) >= 11 is 12.0. The van der Waals surface area contributed by atoms with Gasteiger partial charge in [-0.05, 0) is 30.7 Å². The number of hydrogen-bond donors (Lipinski definition) is 2. The van der Waals surface area contributed by atoms with Crippen molar-refractivity contribution in [3.63, 3.8) is 0 Å². The summed E-state index contributed by atoms with van der Waals surface area (Å²) < 4.78 is 2.14. The second-order valence-corrected chi connectivity index (χ2v) is 6.17. The number of fused-ring (bicyclic) bond motifs is 1. The number of anilines is 1. The van der Waals surface area contributed by atoms with Gasteiger partial charge in [0.2, 0.25) is 5.95 Å². The van der Waals surface area contributed by atoms with E-state index in [9.17, 15) is 5.11 Å². The van der Waals surface area contributed by atoms with Crippen LogP contribution in [-0.4, -0.2) is 14.7 Å². The van der Waals surface area contributed by atoms with Crippen LogP contribution in [0.2, 0.25) is 10.0 Å². The molecule has 0 fully saturated rings. The van der Waals surface area contributed by atoms with Gasteiger partial charge >= 0.3 is 0 Å². The summed E-state index contributed by atoms with van der Waals surface area (Å²) in [6, 6.07) is 11.2. The second kappa shape index (κ2) is 6.69. The summed E-state index contributed by atoms with van der Waals surface area (Å²) in [5.74, 6) is 0.810. The van der Waals surface area contributed by atoms with Gasteiger partial charge in [0.25, 0.3) is 0 Å². The van der Waals surface area contributed by atoms with E-state index in [1.54, 1.807) is 6.07 Å². The van der Waals surface area contributed by atoms with Gasteiger partial charge in [-0.2, -0.15) is 0 Å². The van der Waals surface area contributed by atoms with Crippen molar-refractivity contribution in [2.75, 3.05) is 5.32 Å². The van der Waals surface area contributed by atoms with Crippen LogP contribution in [0, 0.1) is 0 Å². The number of phenolic OH excluding ortho intramolecular Hbond substituents is 1. The van der Waals surface area contributed by atoms with Gasteiger partial charge in [0, 0.05) is 23.7 Å². The first-order valence-corrected chi connectivity index (χ1v) is 8.21. The lowest BCUT2D eigenvalue weighted by atomic mass is 10.2. The average Bonchev–Trinajstić information content (AvgIpc) is 2.88. The Labute approximate surface area is 144 Å². The molecule has 2 aromatic carbocycles. The van der Waals surface area contributed by atoms with Crippen molar-refractivity contribution in [3.05, 3.63) is 52.0 Å². The molecule has 1 aromatic heterocycles. The summed E-state index contributed by atoms with van der Waals surface area (Å²) in [6.45, 7) is 3.38. The molecule has 0 amide bonds. The van der Waals surface area contributed by atoms with Crippen LogP contribution >= 0.6 is 23.2 Å². The number of aromatic nitrogens is 2. The highest BCUT2D eigenvalue weighted by Crippen LogP contribution is 2.31. The number of imidazole rings is 1. The number of nitrogens with one attached hydrogen (secondary N) is 1. The first-order chi connectivity index (χ1) is 11.1. The molecule has 4 nitrogen and oxygen atoms in total. The number of rotatable bonds is 5. The SMILES string of the molecule is CCCn1c(NCc2cc(Cl)cc(Cl)c2O)nc2ccccc21. The minimum atomic E-state index is 0.0433. The molecule has 3 aromatic rings. The Kier molecular flexibility index (Phi) is 4.64. The van der Waals surface area contributed by atoms with E-state index in [0.717, 1.165) is 29.9 Å². The van der Waals surface area contributed by atoms with Crippen LogP contribution in [0.25, 0.3) is 11.0 Å². The Hall–Kier alpha value is -1.91. The standard InChI is InChI=1S/C17H17Cl2N3O/c1-2-7-22-15-6-4-3-5-14(15)21-17(22)20-10-11-8-12(18)9-13(19)16(11)23/h3-6,8-9,23H,2,7,10H2,1H3,(H,20,21). The third-order valence-corrected chi connectivity index (χ3v) is 4.15. The highest BCUT2D eigenvalue weighted by molar-refractivity contribution is 6.35. The molecule has 23 heavy (non-hydrogen) atoms. The molecule has 120 valence electrons. The highest BCUT2D eigenvalue weighted by atomic mass is 35.5. The maximum Gasteiger partial charge on any atom is 0.204 e. The highest BCUT2D eigenvalue weighted by Gasteiger charge is 2.12. The monoisotopic (exact) mass is 349 g/mol. The van der Waals surface area contributed by atoms with Crippen LogP contribution in [0.15, 0.2) is 36.4 Å². The first-order valence-electron chi connectivity index (χ1n) is 7.46. The Balaban J connectivity index is 1.91. The molecule has 0 radical (unpaired) electrons. The molecular formula is C17H17Cl2N3O. The van der Waals surface area contributed by atoms with Crippen molar-refractivity contribution in [2.45, 2.75) is 26.4 Å². The fourth-order valence-corrected chi connectivity index (χ4v) is 3.12. The summed E-state index contributed by atoms with van der Waals surface area (Å²) in [5.41, 5.74) is 2.67. The van der Waals surface area contributed by atoms with Crippen molar-refractivity contribution in [2.24, 2.45) is 0 Å². The number of benzene rings is 2. The first kappa shape index (κ1) is 16.0. The zero-order chi connectivity index (χ0) is 16.4. The molecule has 0 atom stereocenters. The lowest BCUT2D eigenvalue weighted by Crippen LogP contribution is -2.08. The second-order valence-electron chi connectivity index (χ2n) is 5.32. The van der Waals surface area contributed by atoms with Crippen molar-refractivity contribution in [1.82, 2.24) is 9.55 Å². The average molecular weight is 350 g/mol. The van der Waals surface area contributed by atoms with Crippen molar-refractivity contribution >= 4 is 40.2 Å². The van der Waals surface area contributed by atoms with Gasteiger partial charge in [-0.15, -0.1) is 0 Å². The topological polar surface area (TPSA) is 50.1 Å². The van der Waals surface area contributed by atoms with E-state index in [0.29, 0.717) is 17.1 Å². The summed E-state index contributed by atoms with van der Waals surface area (Å²) in [5, 5.41) is 14.1. The number of halogens is 2. The normalized spacial score (nSPS) is 11.1. The molecule has 2 N–H and O–H groups in total. The maximum atomic E-state index is 10.1.